The van der Waals surface area contributed by atoms with E-state index in [0.717, 1.165) is 21.8 Å². The molecule has 1 N–H and O–H groups in total. The van der Waals surface area contributed by atoms with Crippen LogP contribution in [0.15, 0.2) is 66.1 Å². The molecule has 2 heterocycles. The van der Waals surface area contributed by atoms with Crippen molar-refractivity contribution in [2.75, 3.05) is 5.75 Å². The third kappa shape index (κ3) is 4.52. The summed E-state index contributed by atoms with van der Waals surface area (Å²) < 4.78 is 0. The lowest BCUT2D eigenvalue weighted by Crippen LogP contribution is -2.34. The first-order valence-corrected chi connectivity index (χ1v) is 9.50. The summed E-state index contributed by atoms with van der Waals surface area (Å²) in [4.78, 5) is 27.4. The van der Waals surface area contributed by atoms with Gasteiger partial charge in [-0.25, -0.2) is 4.98 Å². The highest BCUT2D eigenvalue weighted by Crippen LogP contribution is 2.25. The number of aromatic amines is 1. The van der Waals surface area contributed by atoms with Gasteiger partial charge in [0.2, 0.25) is 5.91 Å². The van der Waals surface area contributed by atoms with Crippen LogP contribution in [0.5, 0.6) is 0 Å². The highest BCUT2D eigenvalue weighted by atomic mass is 32.2. The van der Waals surface area contributed by atoms with Gasteiger partial charge in [0, 0.05) is 23.0 Å². The minimum Gasteiger partial charge on any atom is -0.348 e. The van der Waals surface area contributed by atoms with E-state index >= 15 is 0 Å². The molecule has 0 aliphatic carbocycles. The fourth-order valence-corrected chi connectivity index (χ4v) is 3.49. The second-order valence-electron chi connectivity index (χ2n) is 6.05. The Morgan fingerprint density at radius 2 is 1.92 bits per heavy atom. The van der Waals surface area contributed by atoms with E-state index in [2.05, 4.69) is 34.0 Å². The van der Waals surface area contributed by atoms with Crippen LogP contribution in [0.4, 0.5) is 0 Å². The standard InChI is InChI=1S/C20H22N4OS/c1-15-19(23-14-22-15)12-24(16(2)17-6-4-3-5-7-17)20(25)13-26-18-8-10-21-11-9-18/h3-11,14,16H,12-13H2,1-2H3,(H,22,23)/t16-/m1/s1. The highest BCUT2D eigenvalue weighted by molar-refractivity contribution is 8.00. The number of nitrogens with one attached hydrogen (secondary N) is 1. The number of aromatic nitrogens is 3. The Bertz CT molecular complexity index is 835. The van der Waals surface area contributed by atoms with E-state index in [1.165, 1.54) is 11.8 Å². The number of nitrogens with zero attached hydrogens (tertiary/aromatic N) is 3. The fourth-order valence-electron chi connectivity index (χ4n) is 2.72. The van der Waals surface area contributed by atoms with Crippen molar-refractivity contribution in [3.05, 3.63) is 78.1 Å². The van der Waals surface area contributed by atoms with E-state index in [1.54, 1.807) is 18.7 Å². The number of rotatable bonds is 7. The van der Waals surface area contributed by atoms with Gasteiger partial charge in [-0.05, 0) is 31.5 Å². The molecule has 3 aromatic rings. The Morgan fingerprint density at radius 3 is 2.58 bits per heavy atom. The summed E-state index contributed by atoms with van der Waals surface area (Å²) in [6.07, 6.45) is 5.15. The van der Waals surface area contributed by atoms with Crippen molar-refractivity contribution in [3.63, 3.8) is 0 Å². The zero-order valence-electron chi connectivity index (χ0n) is 14.9. The van der Waals surface area contributed by atoms with Gasteiger partial charge in [0.15, 0.2) is 0 Å². The van der Waals surface area contributed by atoms with Gasteiger partial charge < -0.3 is 9.88 Å². The predicted molar refractivity (Wildman–Crippen MR) is 104 cm³/mol. The van der Waals surface area contributed by atoms with Crippen LogP contribution in [0, 0.1) is 6.92 Å². The second-order valence-corrected chi connectivity index (χ2v) is 7.10. The summed E-state index contributed by atoms with van der Waals surface area (Å²) in [6.45, 7) is 4.53. The van der Waals surface area contributed by atoms with Crippen molar-refractivity contribution in [3.8, 4) is 0 Å². The van der Waals surface area contributed by atoms with Crippen LogP contribution in [-0.4, -0.2) is 31.5 Å². The lowest BCUT2D eigenvalue weighted by Gasteiger charge is -2.29. The average Bonchev–Trinajstić information content (AvgIpc) is 3.10. The number of imidazole rings is 1. The molecule has 1 aromatic carbocycles. The zero-order valence-corrected chi connectivity index (χ0v) is 15.7. The number of thioether (sulfide) groups is 1. The summed E-state index contributed by atoms with van der Waals surface area (Å²) in [7, 11) is 0. The number of benzene rings is 1. The van der Waals surface area contributed by atoms with Gasteiger partial charge in [-0.15, -0.1) is 11.8 Å². The van der Waals surface area contributed by atoms with Crippen LogP contribution < -0.4 is 0 Å². The molecule has 1 amide bonds. The van der Waals surface area contributed by atoms with E-state index in [-0.39, 0.29) is 11.9 Å². The Balaban J connectivity index is 1.77. The lowest BCUT2D eigenvalue weighted by atomic mass is 10.1. The van der Waals surface area contributed by atoms with Crippen molar-refractivity contribution in [1.82, 2.24) is 19.9 Å². The van der Waals surface area contributed by atoms with Crippen molar-refractivity contribution in [1.29, 1.82) is 0 Å². The number of pyridine rings is 1. The maximum Gasteiger partial charge on any atom is 0.233 e. The van der Waals surface area contributed by atoms with Gasteiger partial charge in [-0.1, -0.05) is 30.3 Å². The van der Waals surface area contributed by atoms with Crippen LogP contribution in [-0.2, 0) is 11.3 Å². The zero-order chi connectivity index (χ0) is 18.4. The van der Waals surface area contributed by atoms with Gasteiger partial charge >= 0.3 is 0 Å². The van der Waals surface area contributed by atoms with Gasteiger partial charge in [-0.3, -0.25) is 9.78 Å². The highest BCUT2D eigenvalue weighted by Gasteiger charge is 2.23. The van der Waals surface area contributed by atoms with Gasteiger partial charge in [0.05, 0.1) is 30.4 Å². The number of hydrogen-bond acceptors (Lipinski definition) is 4. The molecule has 0 aliphatic heterocycles. The van der Waals surface area contributed by atoms with E-state index in [0.29, 0.717) is 12.3 Å². The van der Waals surface area contributed by atoms with Gasteiger partial charge in [0.25, 0.3) is 0 Å². The molecular formula is C20H22N4OS. The Labute approximate surface area is 157 Å². The molecule has 2 aromatic heterocycles. The number of amides is 1. The Kier molecular flexibility index (Phi) is 6.07. The smallest absolute Gasteiger partial charge is 0.233 e. The number of carbonyl (C=O) groups excluding carboxylic acids is 1. The molecule has 0 fully saturated rings. The molecular weight excluding hydrogens is 344 g/mol. The van der Waals surface area contributed by atoms with Gasteiger partial charge in [-0.2, -0.15) is 0 Å². The normalized spacial score (nSPS) is 11.9. The van der Waals surface area contributed by atoms with Crippen LogP contribution in [0.1, 0.15) is 29.9 Å². The van der Waals surface area contributed by atoms with Crippen molar-refractivity contribution in [2.45, 2.75) is 31.3 Å². The number of carbonyl (C=O) groups is 1. The number of hydrogen-bond donors (Lipinski definition) is 1. The molecule has 3 rings (SSSR count). The molecule has 0 unspecified atom stereocenters. The van der Waals surface area contributed by atoms with Gasteiger partial charge in [0.1, 0.15) is 0 Å². The first-order valence-electron chi connectivity index (χ1n) is 8.51. The van der Waals surface area contributed by atoms with E-state index in [9.17, 15) is 4.79 Å². The second kappa shape index (κ2) is 8.67. The monoisotopic (exact) mass is 366 g/mol. The lowest BCUT2D eigenvalue weighted by molar-refractivity contribution is -0.131. The third-order valence-electron chi connectivity index (χ3n) is 4.34. The minimum absolute atomic E-state index is 0.0298. The topological polar surface area (TPSA) is 61.9 Å². The molecule has 6 heteroatoms. The molecule has 134 valence electrons. The molecule has 26 heavy (non-hydrogen) atoms. The van der Waals surface area contributed by atoms with Crippen LogP contribution >= 0.6 is 11.8 Å². The SMILES string of the molecule is Cc1[nH]cnc1CN(C(=O)CSc1ccncc1)[C@H](C)c1ccccc1. The minimum atomic E-state index is -0.0298. The maximum absolute atomic E-state index is 13.0. The van der Waals surface area contributed by atoms with Crippen LogP contribution in [0.2, 0.25) is 0 Å². The van der Waals surface area contributed by atoms with Crippen molar-refractivity contribution in [2.24, 2.45) is 0 Å². The summed E-state index contributed by atoms with van der Waals surface area (Å²) in [5, 5.41) is 0. The van der Waals surface area contributed by atoms with Crippen LogP contribution in [0.25, 0.3) is 0 Å². The molecule has 5 nitrogen and oxygen atoms in total. The predicted octanol–water partition coefficient (Wildman–Crippen LogP) is 4.00. The molecule has 1 atom stereocenters. The summed E-state index contributed by atoms with van der Waals surface area (Å²) in [5.74, 6) is 0.468. The van der Waals surface area contributed by atoms with E-state index in [4.69, 9.17) is 0 Å². The first-order chi connectivity index (χ1) is 12.6. The van der Waals surface area contributed by atoms with E-state index < -0.39 is 0 Å². The Morgan fingerprint density at radius 1 is 1.19 bits per heavy atom. The number of aryl methyl sites for hydroxylation is 1. The molecule has 0 aliphatic rings. The molecule has 0 radical (unpaired) electrons. The molecule has 0 bridgehead atoms. The average molecular weight is 366 g/mol. The van der Waals surface area contributed by atoms with Crippen molar-refractivity contribution >= 4 is 17.7 Å². The largest absolute Gasteiger partial charge is 0.348 e. The number of H-pyrrole nitrogens is 1. The molecule has 0 saturated heterocycles. The molecule has 0 saturated carbocycles. The molecule has 0 spiro atoms. The first kappa shape index (κ1) is 18.2. The van der Waals surface area contributed by atoms with E-state index in [1.807, 2.05) is 42.2 Å². The quantitative estimate of drug-likeness (QED) is 0.642. The van der Waals surface area contributed by atoms with Crippen LogP contribution in [0.3, 0.4) is 0 Å². The summed E-state index contributed by atoms with van der Waals surface area (Å²) in [6, 6.07) is 13.9. The summed E-state index contributed by atoms with van der Waals surface area (Å²) >= 11 is 1.53. The fraction of sp³-hybridized carbons (Fsp3) is 0.250. The van der Waals surface area contributed by atoms with Crippen molar-refractivity contribution < 1.29 is 4.79 Å². The Hall–Kier alpha value is -2.60. The summed E-state index contributed by atoms with van der Waals surface area (Å²) in [5.41, 5.74) is 3.00. The maximum atomic E-state index is 13.0. The third-order valence-corrected chi connectivity index (χ3v) is 5.33.